The molecule has 6 heteroatoms. The number of piperidine rings is 1. The van der Waals surface area contributed by atoms with E-state index < -0.39 is 0 Å². The Morgan fingerprint density at radius 3 is 2.95 bits per heavy atom. The van der Waals surface area contributed by atoms with Gasteiger partial charge in [0.25, 0.3) is 5.91 Å². The van der Waals surface area contributed by atoms with Crippen LogP contribution >= 0.6 is 23.2 Å². The minimum atomic E-state index is -0.125. The quantitative estimate of drug-likeness (QED) is 0.897. The fourth-order valence-electron chi connectivity index (χ4n) is 1.96. The minimum Gasteiger partial charge on any atom is -0.484 e. The Balaban J connectivity index is 1.77. The number of carbonyl (C=O) groups excluding carboxylic acids is 1. The van der Waals surface area contributed by atoms with Crippen molar-refractivity contribution in [2.75, 3.05) is 19.7 Å². The van der Waals surface area contributed by atoms with Crippen molar-refractivity contribution in [2.24, 2.45) is 0 Å². The zero-order chi connectivity index (χ0) is 13.7. The van der Waals surface area contributed by atoms with Crippen LogP contribution in [0.5, 0.6) is 5.75 Å². The van der Waals surface area contributed by atoms with Crippen molar-refractivity contribution in [1.82, 2.24) is 10.6 Å². The highest BCUT2D eigenvalue weighted by atomic mass is 35.5. The molecular weight excluding hydrogens is 287 g/mol. The lowest BCUT2D eigenvalue weighted by atomic mass is 10.1. The number of benzene rings is 1. The van der Waals surface area contributed by atoms with Gasteiger partial charge in [0.05, 0.1) is 10.0 Å². The molecule has 2 N–H and O–H groups in total. The van der Waals surface area contributed by atoms with Crippen LogP contribution in [0.25, 0.3) is 0 Å². The van der Waals surface area contributed by atoms with Gasteiger partial charge in [-0.05, 0) is 31.5 Å². The van der Waals surface area contributed by atoms with Crippen LogP contribution in [-0.2, 0) is 4.79 Å². The lowest BCUT2D eigenvalue weighted by Crippen LogP contribution is -2.46. The van der Waals surface area contributed by atoms with Gasteiger partial charge in [0.2, 0.25) is 0 Å². The summed E-state index contributed by atoms with van der Waals surface area (Å²) >= 11 is 11.7. The van der Waals surface area contributed by atoms with Crippen molar-refractivity contribution in [3.8, 4) is 5.75 Å². The summed E-state index contributed by atoms with van der Waals surface area (Å²) in [6, 6.07) is 5.11. The molecule has 19 heavy (non-hydrogen) atoms. The van der Waals surface area contributed by atoms with Gasteiger partial charge in [-0.2, -0.15) is 0 Å². The van der Waals surface area contributed by atoms with E-state index in [9.17, 15) is 4.79 Å². The molecule has 0 spiro atoms. The first-order chi connectivity index (χ1) is 9.15. The fraction of sp³-hybridized carbons (Fsp3) is 0.462. The summed E-state index contributed by atoms with van der Waals surface area (Å²) in [5, 5.41) is 7.05. The first-order valence-corrected chi connectivity index (χ1v) is 6.98. The summed E-state index contributed by atoms with van der Waals surface area (Å²) in [7, 11) is 0. The molecule has 0 saturated carbocycles. The van der Waals surface area contributed by atoms with E-state index in [-0.39, 0.29) is 18.6 Å². The van der Waals surface area contributed by atoms with Gasteiger partial charge in [-0.1, -0.05) is 23.2 Å². The van der Waals surface area contributed by atoms with Crippen LogP contribution in [0.3, 0.4) is 0 Å². The molecular formula is C13H16Cl2N2O2. The lowest BCUT2D eigenvalue weighted by molar-refractivity contribution is -0.123. The molecule has 1 heterocycles. The van der Waals surface area contributed by atoms with E-state index in [1.54, 1.807) is 18.2 Å². The molecule has 1 amide bonds. The Bertz CT molecular complexity index is 448. The van der Waals surface area contributed by atoms with Crippen LogP contribution in [0, 0.1) is 0 Å². The molecule has 1 aromatic carbocycles. The Morgan fingerprint density at radius 1 is 1.42 bits per heavy atom. The van der Waals surface area contributed by atoms with Crippen molar-refractivity contribution < 1.29 is 9.53 Å². The van der Waals surface area contributed by atoms with Gasteiger partial charge in [-0.3, -0.25) is 4.79 Å². The highest BCUT2D eigenvalue weighted by Crippen LogP contribution is 2.26. The van der Waals surface area contributed by atoms with Crippen LogP contribution in [0.4, 0.5) is 0 Å². The van der Waals surface area contributed by atoms with Crippen LogP contribution < -0.4 is 15.4 Å². The standard InChI is InChI=1S/C13H16Cl2N2O2/c14-11-4-3-10(6-12(11)15)19-8-13(18)17-9-2-1-5-16-7-9/h3-4,6,9,16H,1-2,5,7-8H2,(H,17,18)/t9-/m0/s1. The SMILES string of the molecule is O=C(COc1ccc(Cl)c(Cl)c1)N[C@H]1CCCNC1. The second-order valence-electron chi connectivity index (χ2n) is 4.48. The highest BCUT2D eigenvalue weighted by molar-refractivity contribution is 6.42. The molecule has 0 aliphatic carbocycles. The molecule has 0 radical (unpaired) electrons. The first kappa shape index (κ1) is 14.4. The van der Waals surface area contributed by atoms with E-state index in [0.29, 0.717) is 15.8 Å². The van der Waals surface area contributed by atoms with Crippen LogP contribution in [0.15, 0.2) is 18.2 Å². The second kappa shape index (κ2) is 6.98. The summed E-state index contributed by atoms with van der Waals surface area (Å²) in [4.78, 5) is 11.7. The maximum Gasteiger partial charge on any atom is 0.258 e. The number of halogens is 2. The third-order valence-corrected chi connectivity index (χ3v) is 3.66. The van der Waals surface area contributed by atoms with Crippen molar-refractivity contribution in [1.29, 1.82) is 0 Å². The van der Waals surface area contributed by atoms with E-state index in [1.165, 1.54) is 0 Å². The maximum absolute atomic E-state index is 11.7. The smallest absolute Gasteiger partial charge is 0.258 e. The van der Waals surface area contributed by atoms with Crippen molar-refractivity contribution in [3.05, 3.63) is 28.2 Å². The summed E-state index contributed by atoms with van der Waals surface area (Å²) in [5.74, 6) is 0.408. The average molecular weight is 303 g/mol. The zero-order valence-electron chi connectivity index (χ0n) is 10.4. The number of amides is 1. The molecule has 0 bridgehead atoms. The van der Waals surface area contributed by atoms with E-state index in [2.05, 4.69) is 10.6 Å². The van der Waals surface area contributed by atoms with Crippen molar-refractivity contribution in [2.45, 2.75) is 18.9 Å². The number of hydrogen-bond acceptors (Lipinski definition) is 3. The third kappa shape index (κ3) is 4.56. The molecule has 1 saturated heterocycles. The van der Waals surface area contributed by atoms with Crippen LogP contribution in [0.2, 0.25) is 10.0 Å². The maximum atomic E-state index is 11.7. The van der Waals surface area contributed by atoms with E-state index in [0.717, 1.165) is 25.9 Å². The summed E-state index contributed by atoms with van der Waals surface area (Å²) in [5.41, 5.74) is 0. The van der Waals surface area contributed by atoms with Crippen molar-refractivity contribution >= 4 is 29.1 Å². The van der Waals surface area contributed by atoms with E-state index >= 15 is 0 Å². The van der Waals surface area contributed by atoms with Gasteiger partial charge in [-0.15, -0.1) is 0 Å². The van der Waals surface area contributed by atoms with Crippen LogP contribution in [-0.4, -0.2) is 31.6 Å². The number of carbonyl (C=O) groups is 1. The predicted octanol–water partition coefficient (Wildman–Crippen LogP) is 2.24. The monoisotopic (exact) mass is 302 g/mol. The first-order valence-electron chi connectivity index (χ1n) is 6.23. The Morgan fingerprint density at radius 2 is 2.26 bits per heavy atom. The molecule has 4 nitrogen and oxygen atoms in total. The Labute approximate surface area is 122 Å². The van der Waals surface area contributed by atoms with Gasteiger partial charge < -0.3 is 15.4 Å². The van der Waals surface area contributed by atoms with Crippen LogP contribution in [0.1, 0.15) is 12.8 Å². The molecule has 2 rings (SSSR count). The van der Waals surface area contributed by atoms with Gasteiger partial charge in [0, 0.05) is 18.7 Å². The van der Waals surface area contributed by atoms with Gasteiger partial charge in [0.15, 0.2) is 6.61 Å². The second-order valence-corrected chi connectivity index (χ2v) is 5.29. The molecule has 104 valence electrons. The van der Waals surface area contributed by atoms with E-state index in [1.807, 2.05) is 0 Å². The Kier molecular flexibility index (Phi) is 5.31. The number of hydrogen-bond donors (Lipinski definition) is 2. The Hall–Kier alpha value is -0.970. The van der Waals surface area contributed by atoms with Gasteiger partial charge in [-0.25, -0.2) is 0 Å². The highest BCUT2D eigenvalue weighted by Gasteiger charge is 2.15. The largest absolute Gasteiger partial charge is 0.484 e. The van der Waals surface area contributed by atoms with Gasteiger partial charge >= 0.3 is 0 Å². The normalized spacial score (nSPS) is 18.9. The molecule has 0 aromatic heterocycles. The number of nitrogens with one attached hydrogen (secondary N) is 2. The predicted molar refractivity (Wildman–Crippen MR) is 76.0 cm³/mol. The number of rotatable bonds is 4. The third-order valence-electron chi connectivity index (χ3n) is 2.92. The van der Waals surface area contributed by atoms with Gasteiger partial charge in [0.1, 0.15) is 5.75 Å². The van der Waals surface area contributed by atoms with Crippen molar-refractivity contribution in [3.63, 3.8) is 0 Å². The van der Waals surface area contributed by atoms with E-state index in [4.69, 9.17) is 27.9 Å². The fourth-order valence-corrected chi connectivity index (χ4v) is 2.25. The molecule has 0 unspecified atom stereocenters. The number of ether oxygens (including phenoxy) is 1. The molecule has 1 fully saturated rings. The zero-order valence-corrected chi connectivity index (χ0v) is 11.9. The lowest BCUT2D eigenvalue weighted by Gasteiger charge is -2.23. The topological polar surface area (TPSA) is 50.4 Å². The molecule has 1 aliphatic heterocycles. The minimum absolute atomic E-state index is 0.0194. The average Bonchev–Trinajstić information content (AvgIpc) is 2.41. The summed E-state index contributed by atoms with van der Waals surface area (Å²) in [6.07, 6.45) is 2.09. The molecule has 1 atom stereocenters. The molecule has 1 aliphatic rings. The molecule has 1 aromatic rings. The summed E-state index contributed by atoms with van der Waals surface area (Å²) < 4.78 is 5.37. The summed E-state index contributed by atoms with van der Waals surface area (Å²) in [6.45, 7) is 1.82.